The molecule has 0 spiro atoms. The number of carbonyl (C=O) groups excluding carboxylic acids is 1. The van der Waals surface area contributed by atoms with Crippen molar-refractivity contribution in [2.24, 2.45) is 11.8 Å². The number of carbonyl (C=O) groups is 1. The minimum absolute atomic E-state index is 0.0122. The largest absolute Gasteiger partial charge is 0.419 e. The van der Waals surface area contributed by atoms with E-state index in [9.17, 15) is 27.2 Å². The van der Waals surface area contributed by atoms with E-state index < -0.39 is 34.6 Å². The highest BCUT2D eigenvalue weighted by atomic mass is 19.4. The average Bonchev–Trinajstić information content (AvgIpc) is 3.19. The molecule has 2 aliphatic rings. The third kappa shape index (κ3) is 3.19. The molecule has 2 aliphatic carbocycles. The summed E-state index contributed by atoms with van der Waals surface area (Å²) in [5.41, 5.74) is -2.04. The predicted octanol–water partition coefficient (Wildman–Crippen LogP) is 4.26. The Kier molecular flexibility index (Phi) is 4.47. The van der Waals surface area contributed by atoms with Gasteiger partial charge in [-0.2, -0.15) is 13.2 Å². The molecule has 3 aromatic rings. The van der Waals surface area contributed by atoms with Crippen LogP contribution in [0.1, 0.15) is 34.5 Å². The summed E-state index contributed by atoms with van der Waals surface area (Å²) in [6, 6.07) is 12.6. The minimum Gasteiger partial charge on any atom is -0.341 e. The SMILES string of the molecule is O=C(NC1(c2ccc(C(F)(F)F)c(F)c2)C2CCC21)c1cc(=O)[nH]c(-c2ccccc2)n1. The number of aromatic amines is 1. The van der Waals surface area contributed by atoms with Gasteiger partial charge in [-0.3, -0.25) is 9.59 Å². The lowest BCUT2D eigenvalue weighted by Crippen LogP contribution is -2.38. The van der Waals surface area contributed by atoms with Crippen molar-refractivity contribution >= 4 is 5.91 Å². The van der Waals surface area contributed by atoms with Crippen molar-refractivity contribution in [3.8, 4) is 11.4 Å². The van der Waals surface area contributed by atoms with Gasteiger partial charge in [0.1, 0.15) is 17.3 Å². The maximum Gasteiger partial charge on any atom is 0.419 e. The summed E-state index contributed by atoms with van der Waals surface area (Å²) in [7, 11) is 0. The lowest BCUT2D eigenvalue weighted by Gasteiger charge is -2.20. The van der Waals surface area contributed by atoms with Crippen LogP contribution in [-0.4, -0.2) is 15.9 Å². The first-order chi connectivity index (χ1) is 15.2. The number of H-pyrrole nitrogens is 1. The Morgan fingerprint density at radius 3 is 2.34 bits per heavy atom. The highest BCUT2D eigenvalue weighted by Gasteiger charge is 2.71. The molecule has 2 atom stereocenters. The van der Waals surface area contributed by atoms with Crippen LogP contribution in [0.25, 0.3) is 11.4 Å². The van der Waals surface area contributed by atoms with Crippen LogP contribution in [-0.2, 0) is 11.7 Å². The lowest BCUT2D eigenvalue weighted by molar-refractivity contribution is -0.140. The van der Waals surface area contributed by atoms with Gasteiger partial charge < -0.3 is 10.3 Å². The van der Waals surface area contributed by atoms with E-state index in [-0.39, 0.29) is 28.9 Å². The predicted molar refractivity (Wildman–Crippen MR) is 107 cm³/mol. The first-order valence-corrected chi connectivity index (χ1v) is 10.1. The maximum absolute atomic E-state index is 14.2. The highest BCUT2D eigenvalue weighted by Crippen LogP contribution is 2.69. The quantitative estimate of drug-likeness (QED) is 0.592. The molecule has 2 unspecified atom stereocenters. The number of nitrogens with zero attached hydrogens (tertiary/aromatic N) is 1. The van der Waals surface area contributed by atoms with E-state index in [0.29, 0.717) is 11.6 Å². The van der Waals surface area contributed by atoms with Crippen molar-refractivity contribution in [1.82, 2.24) is 15.3 Å². The Labute approximate surface area is 179 Å². The number of hydrogen-bond acceptors (Lipinski definition) is 3. The summed E-state index contributed by atoms with van der Waals surface area (Å²) < 4.78 is 53.1. The molecule has 2 fully saturated rings. The lowest BCUT2D eigenvalue weighted by atomic mass is 9.99. The van der Waals surface area contributed by atoms with Crippen LogP contribution >= 0.6 is 0 Å². The number of rotatable bonds is 4. The maximum atomic E-state index is 14.2. The summed E-state index contributed by atoms with van der Waals surface area (Å²) in [4.78, 5) is 32.0. The first kappa shape index (κ1) is 20.4. The molecule has 1 heterocycles. The number of alkyl halides is 3. The van der Waals surface area contributed by atoms with Gasteiger partial charge in [-0.25, -0.2) is 9.37 Å². The third-order valence-electron chi connectivity index (χ3n) is 6.43. The molecule has 2 saturated carbocycles. The molecule has 1 aromatic heterocycles. The highest BCUT2D eigenvalue weighted by molar-refractivity contribution is 5.93. The monoisotopic (exact) mass is 443 g/mol. The third-order valence-corrected chi connectivity index (χ3v) is 6.43. The van der Waals surface area contributed by atoms with Crippen molar-refractivity contribution in [3.63, 3.8) is 0 Å². The summed E-state index contributed by atoms with van der Waals surface area (Å²) in [5.74, 6) is -1.77. The Balaban J connectivity index is 1.48. The molecule has 0 aliphatic heterocycles. The zero-order valence-electron chi connectivity index (χ0n) is 16.5. The summed E-state index contributed by atoms with van der Waals surface area (Å²) in [6.45, 7) is 0. The van der Waals surface area contributed by atoms with E-state index in [0.717, 1.165) is 25.0 Å². The van der Waals surface area contributed by atoms with E-state index in [1.54, 1.807) is 30.3 Å². The number of nitrogens with one attached hydrogen (secondary N) is 2. The zero-order valence-corrected chi connectivity index (χ0v) is 16.5. The van der Waals surface area contributed by atoms with Crippen LogP contribution in [0.3, 0.4) is 0 Å². The standard InChI is InChI=1S/C23H17F4N3O2/c24-17-10-13(6-7-16(17)23(25,26)27)22(14-8-9-15(14)22)30-21(32)18-11-19(31)29-20(28-18)12-4-2-1-3-5-12/h1-7,10-11,14-15H,8-9H2,(H,30,32)(H,28,29,31). The van der Waals surface area contributed by atoms with Crippen molar-refractivity contribution in [1.29, 1.82) is 0 Å². The zero-order chi connectivity index (χ0) is 22.7. The van der Waals surface area contributed by atoms with E-state index >= 15 is 0 Å². The van der Waals surface area contributed by atoms with Crippen molar-refractivity contribution < 1.29 is 22.4 Å². The normalized spacial score (nSPS) is 23.8. The van der Waals surface area contributed by atoms with Crippen LogP contribution in [0.4, 0.5) is 17.6 Å². The summed E-state index contributed by atoms with van der Waals surface area (Å²) in [5, 5.41) is 2.85. The van der Waals surface area contributed by atoms with E-state index in [4.69, 9.17) is 0 Å². The van der Waals surface area contributed by atoms with Gasteiger partial charge in [-0.05, 0) is 42.4 Å². The molecule has 2 N–H and O–H groups in total. The van der Waals surface area contributed by atoms with Gasteiger partial charge in [0.15, 0.2) is 0 Å². The van der Waals surface area contributed by atoms with E-state index in [1.807, 2.05) is 0 Å². The number of aromatic nitrogens is 2. The fourth-order valence-corrected chi connectivity index (χ4v) is 4.74. The molecule has 9 heteroatoms. The molecule has 0 saturated heterocycles. The van der Waals surface area contributed by atoms with E-state index in [2.05, 4.69) is 15.3 Å². The van der Waals surface area contributed by atoms with Crippen LogP contribution in [0.5, 0.6) is 0 Å². The Bertz CT molecular complexity index is 1260. The summed E-state index contributed by atoms with van der Waals surface area (Å²) >= 11 is 0. The van der Waals surface area contributed by atoms with Crippen LogP contribution in [0, 0.1) is 17.7 Å². The van der Waals surface area contributed by atoms with Crippen molar-refractivity contribution in [3.05, 3.63) is 87.6 Å². The molecule has 32 heavy (non-hydrogen) atoms. The number of benzene rings is 2. The number of halogens is 4. The fourth-order valence-electron chi connectivity index (χ4n) is 4.74. The Morgan fingerprint density at radius 1 is 1.06 bits per heavy atom. The minimum atomic E-state index is -4.80. The van der Waals surface area contributed by atoms with E-state index in [1.165, 1.54) is 6.07 Å². The van der Waals surface area contributed by atoms with Crippen LogP contribution in [0.2, 0.25) is 0 Å². The number of hydrogen-bond donors (Lipinski definition) is 2. The van der Waals surface area contributed by atoms with Gasteiger partial charge in [0.25, 0.3) is 11.5 Å². The molecule has 1 amide bonds. The second-order valence-corrected chi connectivity index (χ2v) is 8.15. The molecule has 5 nitrogen and oxygen atoms in total. The van der Waals surface area contributed by atoms with Gasteiger partial charge in [0.2, 0.25) is 0 Å². The van der Waals surface area contributed by atoms with Crippen molar-refractivity contribution in [2.45, 2.75) is 24.6 Å². The van der Waals surface area contributed by atoms with Gasteiger partial charge in [-0.15, -0.1) is 0 Å². The molecular formula is C23H17F4N3O2. The topological polar surface area (TPSA) is 74.8 Å². The van der Waals surface area contributed by atoms with Crippen molar-refractivity contribution in [2.75, 3.05) is 0 Å². The van der Waals surface area contributed by atoms with Crippen LogP contribution < -0.4 is 10.9 Å². The second kappa shape index (κ2) is 7.01. The molecule has 0 bridgehead atoms. The molecule has 2 aromatic carbocycles. The van der Waals surface area contributed by atoms with Gasteiger partial charge >= 0.3 is 6.18 Å². The van der Waals surface area contributed by atoms with Gasteiger partial charge in [-0.1, -0.05) is 36.4 Å². The van der Waals surface area contributed by atoms with Gasteiger partial charge in [0.05, 0.1) is 11.1 Å². The molecule has 5 rings (SSSR count). The fraction of sp³-hybridized carbons (Fsp3) is 0.261. The van der Waals surface area contributed by atoms with Gasteiger partial charge in [0, 0.05) is 11.6 Å². The molecule has 0 radical (unpaired) electrons. The Hall–Kier alpha value is -3.49. The number of fused-ring (bicyclic) bond motifs is 1. The average molecular weight is 443 g/mol. The number of amides is 1. The summed E-state index contributed by atoms with van der Waals surface area (Å²) in [6.07, 6.45) is -3.26. The smallest absolute Gasteiger partial charge is 0.341 e. The Morgan fingerprint density at radius 2 is 1.75 bits per heavy atom. The molecule has 164 valence electrons. The van der Waals surface area contributed by atoms with Crippen LogP contribution in [0.15, 0.2) is 59.4 Å². The second-order valence-electron chi connectivity index (χ2n) is 8.15. The molecular weight excluding hydrogens is 426 g/mol. The first-order valence-electron chi connectivity index (χ1n) is 10.1.